The zero-order valence-corrected chi connectivity index (χ0v) is 13.6. The van der Waals surface area contributed by atoms with Crippen molar-refractivity contribution in [1.29, 1.82) is 5.26 Å². The molecule has 1 aromatic rings. The zero-order valence-electron chi connectivity index (χ0n) is 12.8. The van der Waals surface area contributed by atoms with Crippen LogP contribution in [0.25, 0.3) is 0 Å². The first-order valence-corrected chi connectivity index (χ1v) is 7.29. The number of nitriles is 1. The van der Waals surface area contributed by atoms with Crippen molar-refractivity contribution in [3.63, 3.8) is 0 Å². The molecule has 2 N–H and O–H groups in total. The van der Waals surface area contributed by atoms with Crippen molar-refractivity contribution in [2.75, 3.05) is 6.61 Å². The fourth-order valence-corrected chi connectivity index (χ4v) is 2.65. The van der Waals surface area contributed by atoms with Crippen molar-refractivity contribution in [1.82, 2.24) is 0 Å². The van der Waals surface area contributed by atoms with Gasteiger partial charge in [-0.25, -0.2) is 13.6 Å². The highest BCUT2D eigenvalue weighted by molar-refractivity contribution is 6.30. The van der Waals surface area contributed by atoms with E-state index in [0.717, 1.165) is 12.1 Å². The molecule has 1 aromatic carbocycles. The molecule has 0 spiro atoms. The molecule has 5 nitrogen and oxygen atoms in total. The Morgan fingerprint density at radius 2 is 2.17 bits per heavy atom. The van der Waals surface area contributed by atoms with Gasteiger partial charge in [-0.1, -0.05) is 11.6 Å². The molecule has 24 heavy (non-hydrogen) atoms. The molecule has 8 heteroatoms. The number of carbonyl (C=O) groups is 1. The van der Waals surface area contributed by atoms with Crippen molar-refractivity contribution in [2.24, 2.45) is 5.73 Å². The van der Waals surface area contributed by atoms with E-state index in [0.29, 0.717) is 0 Å². The molecule has 1 heterocycles. The molecular formula is C16H13ClF2N2O3. The summed E-state index contributed by atoms with van der Waals surface area (Å²) in [5, 5.41) is 8.88. The van der Waals surface area contributed by atoms with E-state index < -0.39 is 28.5 Å². The van der Waals surface area contributed by atoms with Gasteiger partial charge in [0.1, 0.15) is 17.4 Å². The number of nitrogens with zero attached hydrogens (tertiary/aromatic N) is 1. The molecule has 1 aliphatic rings. The Kier molecular flexibility index (Phi) is 5.10. The van der Waals surface area contributed by atoms with Gasteiger partial charge in [-0.2, -0.15) is 5.26 Å². The number of allylic oxidation sites excluding steroid dienone is 2. The highest BCUT2D eigenvalue weighted by Gasteiger charge is 2.37. The smallest absolute Gasteiger partial charge is 0.338 e. The van der Waals surface area contributed by atoms with E-state index in [1.54, 1.807) is 6.92 Å². The van der Waals surface area contributed by atoms with Crippen molar-refractivity contribution in [3.05, 3.63) is 57.1 Å². The number of rotatable bonds is 3. The summed E-state index contributed by atoms with van der Waals surface area (Å²) < 4.78 is 37.4. The number of hydrogen-bond acceptors (Lipinski definition) is 5. The van der Waals surface area contributed by atoms with Gasteiger partial charge in [-0.05, 0) is 31.5 Å². The zero-order chi connectivity index (χ0) is 18.0. The summed E-state index contributed by atoms with van der Waals surface area (Å²) in [6, 6.07) is 3.82. The molecule has 0 amide bonds. The summed E-state index contributed by atoms with van der Waals surface area (Å²) in [6.07, 6.45) is 0. The minimum Gasteiger partial charge on any atom is -0.463 e. The molecular weight excluding hydrogens is 342 g/mol. The maximum atomic E-state index is 13.7. The van der Waals surface area contributed by atoms with Gasteiger partial charge >= 0.3 is 5.97 Å². The lowest BCUT2D eigenvalue weighted by Crippen LogP contribution is -2.25. The Labute approximate surface area is 141 Å². The number of halogens is 3. The molecule has 2 rings (SSSR count). The fraction of sp³-hybridized carbons (Fsp3) is 0.250. The van der Waals surface area contributed by atoms with E-state index in [1.165, 1.54) is 6.92 Å². The Morgan fingerprint density at radius 1 is 1.50 bits per heavy atom. The van der Waals surface area contributed by atoms with Gasteiger partial charge in [0.15, 0.2) is 11.6 Å². The lowest BCUT2D eigenvalue weighted by molar-refractivity contribution is -0.139. The predicted octanol–water partition coefficient (Wildman–Crippen LogP) is 3.26. The van der Waals surface area contributed by atoms with Gasteiger partial charge in [0.05, 0.1) is 23.1 Å². The first kappa shape index (κ1) is 17.8. The monoisotopic (exact) mass is 354 g/mol. The van der Waals surface area contributed by atoms with Crippen LogP contribution in [0.1, 0.15) is 25.3 Å². The van der Waals surface area contributed by atoms with Crippen LogP contribution in [-0.4, -0.2) is 12.6 Å². The number of esters is 1. The standard InChI is InChI=1S/C16H13ClF2N2O3/c1-3-23-16(22)12-7(2)24-15(21)9(6-20)13(12)8-4-10(17)14(19)11(18)5-8/h4-5,13H,3,21H2,1-2H3. The van der Waals surface area contributed by atoms with Gasteiger partial charge in [-0.15, -0.1) is 0 Å². The van der Waals surface area contributed by atoms with Crippen molar-refractivity contribution in [3.8, 4) is 6.07 Å². The van der Waals surface area contributed by atoms with Crippen molar-refractivity contribution in [2.45, 2.75) is 19.8 Å². The first-order chi connectivity index (χ1) is 11.3. The fourth-order valence-electron chi connectivity index (χ4n) is 2.43. The molecule has 0 bridgehead atoms. The second-order valence-electron chi connectivity index (χ2n) is 4.91. The molecule has 1 unspecified atom stereocenters. The third-order valence-electron chi connectivity index (χ3n) is 3.44. The van der Waals surface area contributed by atoms with Crippen LogP contribution in [0.5, 0.6) is 0 Å². The molecule has 1 atom stereocenters. The summed E-state index contributed by atoms with van der Waals surface area (Å²) >= 11 is 5.68. The normalized spacial score (nSPS) is 17.4. The Balaban J connectivity index is 2.69. The van der Waals surface area contributed by atoms with Gasteiger partial charge in [-0.3, -0.25) is 0 Å². The average Bonchev–Trinajstić information content (AvgIpc) is 2.51. The molecule has 126 valence electrons. The SMILES string of the molecule is CCOC(=O)C1=C(C)OC(N)=C(C#N)C1c1cc(F)c(F)c(Cl)c1. The molecule has 0 radical (unpaired) electrons. The highest BCUT2D eigenvalue weighted by Crippen LogP contribution is 2.40. The topological polar surface area (TPSA) is 85.3 Å². The van der Waals surface area contributed by atoms with E-state index in [2.05, 4.69) is 0 Å². The lowest BCUT2D eigenvalue weighted by Gasteiger charge is -2.27. The van der Waals surface area contributed by atoms with Crippen molar-refractivity contribution < 1.29 is 23.0 Å². The first-order valence-electron chi connectivity index (χ1n) is 6.91. The van der Waals surface area contributed by atoms with Crippen molar-refractivity contribution >= 4 is 17.6 Å². The quantitative estimate of drug-likeness (QED) is 0.665. The number of carbonyl (C=O) groups excluding carboxylic acids is 1. The molecule has 0 saturated heterocycles. The maximum absolute atomic E-state index is 13.7. The molecule has 0 saturated carbocycles. The van der Waals surface area contributed by atoms with Gasteiger partial charge < -0.3 is 15.2 Å². The molecule has 0 aromatic heterocycles. The molecule has 0 aliphatic carbocycles. The van der Waals surface area contributed by atoms with Crippen LogP contribution in [0.4, 0.5) is 8.78 Å². The van der Waals surface area contributed by atoms with E-state index in [-0.39, 0.29) is 35.0 Å². The Morgan fingerprint density at radius 3 is 2.71 bits per heavy atom. The third-order valence-corrected chi connectivity index (χ3v) is 3.72. The molecule has 1 aliphatic heterocycles. The Hall–Kier alpha value is -2.59. The van der Waals surface area contributed by atoms with E-state index in [9.17, 15) is 18.8 Å². The third kappa shape index (κ3) is 3.05. The van der Waals surface area contributed by atoms with E-state index >= 15 is 0 Å². The summed E-state index contributed by atoms with van der Waals surface area (Å²) in [4.78, 5) is 12.3. The largest absolute Gasteiger partial charge is 0.463 e. The van der Waals surface area contributed by atoms with Crippen LogP contribution < -0.4 is 5.73 Å². The van der Waals surface area contributed by atoms with Crippen LogP contribution in [0.2, 0.25) is 5.02 Å². The van der Waals surface area contributed by atoms with E-state index in [1.807, 2.05) is 6.07 Å². The second-order valence-corrected chi connectivity index (χ2v) is 5.32. The maximum Gasteiger partial charge on any atom is 0.338 e. The number of nitrogens with two attached hydrogens (primary N) is 1. The summed E-state index contributed by atoms with van der Waals surface area (Å²) in [6.45, 7) is 3.15. The summed E-state index contributed by atoms with van der Waals surface area (Å²) in [7, 11) is 0. The van der Waals surface area contributed by atoms with Crippen LogP contribution in [0, 0.1) is 23.0 Å². The van der Waals surface area contributed by atoms with Crippen LogP contribution in [0.15, 0.2) is 34.9 Å². The van der Waals surface area contributed by atoms with Gasteiger partial charge in [0.2, 0.25) is 5.88 Å². The minimum absolute atomic E-state index is 0.0234. The minimum atomic E-state index is -1.22. The number of benzene rings is 1. The van der Waals surface area contributed by atoms with Gasteiger partial charge in [0, 0.05) is 0 Å². The Bertz CT molecular complexity index is 789. The number of ether oxygens (including phenoxy) is 2. The van der Waals surface area contributed by atoms with Crippen LogP contribution in [0.3, 0.4) is 0 Å². The summed E-state index contributed by atoms with van der Waals surface area (Å²) in [5.74, 6) is -4.37. The van der Waals surface area contributed by atoms with Crippen LogP contribution >= 0.6 is 11.6 Å². The second kappa shape index (κ2) is 6.89. The lowest BCUT2D eigenvalue weighted by atomic mass is 9.83. The predicted molar refractivity (Wildman–Crippen MR) is 81.4 cm³/mol. The highest BCUT2D eigenvalue weighted by atomic mass is 35.5. The molecule has 0 fully saturated rings. The summed E-state index contributed by atoms with van der Waals surface area (Å²) in [5.41, 5.74) is 5.64. The van der Waals surface area contributed by atoms with Crippen LogP contribution in [-0.2, 0) is 14.3 Å². The van der Waals surface area contributed by atoms with E-state index in [4.69, 9.17) is 26.8 Å². The average molecular weight is 355 g/mol. The number of hydrogen-bond donors (Lipinski definition) is 1. The van der Waals surface area contributed by atoms with Gasteiger partial charge in [0.25, 0.3) is 0 Å².